The summed E-state index contributed by atoms with van der Waals surface area (Å²) in [6.07, 6.45) is 4.91. The Hall–Kier alpha value is -1.09. The van der Waals surface area contributed by atoms with Crippen LogP contribution in [0.5, 0.6) is 0 Å². The molecule has 0 bridgehead atoms. The maximum absolute atomic E-state index is 4.17. The Balaban J connectivity index is 2.68. The summed E-state index contributed by atoms with van der Waals surface area (Å²) in [6.45, 7) is 10.6. The molecule has 0 saturated heterocycles. The molecule has 0 unspecified atom stereocenters. The van der Waals surface area contributed by atoms with Gasteiger partial charge in [-0.2, -0.15) is 0 Å². The number of nitrogens with one attached hydrogen (secondary N) is 2. The molecule has 2 N–H and O–H groups in total. The zero-order chi connectivity index (χ0) is 12.0. The van der Waals surface area contributed by atoms with Gasteiger partial charge in [0.15, 0.2) is 0 Å². The molecule has 0 saturated carbocycles. The van der Waals surface area contributed by atoms with E-state index in [0.717, 1.165) is 19.5 Å². The number of nitrogens with zero attached hydrogens (tertiary/aromatic N) is 1. The molecular weight excluding hydrogens is 198 g/mol. The maximum atomic E-state index is 4.17. The zero-order valence-electron chi connectivity index (χ0n) is 10.8. The summed E-state index contributed by atoms with van der Waals surface area (Å²) in [5.41, 5.74) is 2.48. The lowest BCUT2D eigenvalue weighted by Gasteiger charge is -2.24. The van der Waals surface area contributed by atoms with E-state index in [1.807, 2.05) is 18.5 Å². The average molecular weight is 221 g/mol. The summed E-state index contributed by atoms with van der Waals surface area (Å²) in [4.78, 5) is 4.17. The standard InChI is InChI=1S/C13H23N3/c1-5-7-14-9-11-10-15-8-6-12(11)16-13(2,3)4/h6,8,10,14H,5,7,9H2,1-4H3,(H,15,16). The van der Waals surface area contributed by atoms with Gasteiger partial charge in [-0.05, 0) is 39.8 Å². The summed E-state index contributed by atoms with van der Waals surface area (Å²) in [7, 11) is 0. The first-order chi connectivity index (χ1) is 7.53. The Kier molecular flexibility index (Phi) is 4.74. The number of anilines is 1. The molecule has 1 rings (SSSR count). The molecule has 0 aliphatic heterocycles. The molecule has 0 aliphatic carbocycles. The third-order valence-corrected chi connectivity index (χ3v) is 2.16. The highest BCUT2D eigenvalue weighted by atomic mass is 15.0. The van der Waals surface area contributed by atoms with Crippen molar-refractivity contribution >= 4 is 5.69 Å². The SMILES string of the molecule is CCCNCc1cnccc1NC(C)(C)C. The van der Waals surface area contributed by atoms with Crippen LogP contribution in [0.2, 0.25) is 0 Å². The highest BCUT2D eigenvalue weighted by Crippen LogP contribution is 2.18. The van der Waals surface area contributed by atoms with E-state index in [9.17, 15) is 0 Å². The van der Waals surface area contributed by atoms with Gasteiger partial charge in [-0.25, -0.2) is 0 Å². The van der Waals surface area contributed by atoms with Crippen molar-refractivity contribution in [2.75, 3.05) is 11.9 Å². The van der Waals surface area contributed by atoms with E-state index >= 15 is 0 Å². The fourth-order valence-corrected chi connectivity index (χ4v) is 1.49. The van der Waals surface area contributed by atoms with Crippen LogP contribution in [-0.2, 0) is 6.54 Å². The van der Waals surface area contributed by atoms with Gasteiger partial charge in [0.1, 0.15) is 0 Å². The van der Waals surface area contributed by atoms with Gasteiger partial charge < -0.3 is 10.6 Å². The summed E-state index contributed by atoms with van der Waals surface area (Å²) in [5.74, 6) is 0. The van der Waals surface area contributed by atoms with Crippen molar-refractivity contribution in [2.45, 2.75) is 46.2 Å². The Labute approximate surface area is 98.7 Å². The van der Waals surface area contributed by atoms with Crippen LogP contribution >= 0.6 is 0 Å². The predicted molar refractivity (Wildman–Crippen MR) is 69.6 cm³/mol. The van der Waals surface area contributed by atoms with E-state index in [0.29, 0.717) is 0 Å². The molecule has 1 aromatic rings. The normalized spacial score (nSPS) is 11.5. The molecule has 0 atom stereocenters. The molecule has 16 heavy (non-hydrogen) atoms. The molecule has 3 nitrogen and oxygen atoms in total. The molecule has 1 aromatic heterocycles. The highest BCUT2D eigenvalue weighted by Gasteiger charge is 2.11. The van der Waals surface area contributed by atoms with E-state index in [4.69, 9.17) is 0 Å². The number of rotatable bonds is 5. The lowest BCUT2D eigenvalue weighted by Crippen LogP contribution is -2.27. The van der Waals surface area contributed by atoms with Crippen LogP contribution in [-0.4, -0.2) is 17.1 Å². The first-order valence-corrected chi connectivity index (χ1v) is 5.94. The Morgan fingerprint density at radius 2 is 2.06 bits per heavy atom. The summed E-state index contributed by atoms with van der Waals surface area (Å²) in [5, 5.41) is 6.89. The van der Waals surface area contributed by atoms with Crippen LogP contribution < -0.4 is 10.6 Å². The quantitative estimate of drug-likeness (QED) is 0.751. The third kappa shape index (κ3) is 4.62. The summed E-state index contributed by atoms with van der Waals surface area (Å²) >= 11 is 0. The van der Waals surface area contributed by atoms with Gasteiger partial charge in [0.05, 0.1) is 0 Å². The van der Waals surface area contributed by atoms with Gasteiger partial charge in [0.2, 0.25) is 0 Å². The molecule has 0 radical (unpaired) electrons. The van der Waals surface area contributed by atoms with Gasteiger partial charge in [0.25, 0.3) is 0 Å². The Bertz CT molecular complexity index is 315. The van der Waals surface area contributed by atoms with Gasteiger partial charge >= 0.3 is 0 Å². The second-order valence-corrected chi connectivity index (χ2v) is 5.08. The molecule has 0 aliphatic rings. The molecule has 3 heteroatoms. The smallest absolute Gasteiger partial charge is 0.0420 e. The maximum Gasteiger partial charge on any atom is 0.0420 e. The molecule has 0 fully saturated rings. The first kappa shape index (κ1) is 13.0. The van der Waals surface area contributed by atoms with Crippen molar-refractivity contribution in [1.29, 1.82) is 0 Å². The van der Waals surface area contributed by atoms with Crippen LogP contribution in [0, 0.1) is 0 Å². The molecule has 90 valence electrons. The topological polar surface area (TPSA) is 37.0 Å². The van der Waals surface area contributed by atoms with E-state index in [-0.39, 0.29) is 5.54 Å². The van der Waals surface area contributed by atoms with Crippen LogP contribution in [0.1, 0.15) is 39.7 Å². The van der Waals surface area contributed by atoms with Gasteiger partial charge in [-0.3, -0.25) is 4.98 Å². The highest BCUT2D eigenvalue weighted by molar-refractivity contribution is 5.50. The van der Waals surface area contributed by atoms with Crippen molar-refractivity contribution in [3.63, 3.8) is 0 Å². The van der Waals surface area contributed by atoms with E-state index in [2.05, 4.69) is 43.3 Å². The number of aromatic nitrogens is 1. The lowest BCUT2D eigenvalue weighted by molar-refractivity contribution is 0.627. The van der Waals surface area contributed by atoms with Crippen molar-refractivity contribution in [3.05, 3.63) is 24.0 Å². The first-order valence-electron chi connectivity index (χ1n) is 5.94. The van der Waals surface area contributed by atoms with Crippen molar-refractivity contribution in [3.8, 4) is 0 Å². The molecule has 1 heterocycles. The van der Waals surface area contributed by atoms with Crippen LogP contribution in [0.4, 0.5) is 5.69 Å². The number of pyridine rings is 1. The minimum atomic E-state index is 0.0842. The number of hydrogen-bond donors (Lipinski definition) is 2. The van der Waals surface area contributed by atoms with Gasteiger partial charge in [-0.15, -0.1) is 0 Å². The predicted octanol–water partition coefficient (Wildman–Crippen LogP) is 2.79. The lowest BCUT2D eigenvalue weighted by atomic mass is 10.1. The fraction of sp³-hybridized carbons (Fsp3) is 0.615. The van der Waals surface area contributed by atoms with Gasteiger partial charge in [-0.1, -0.05) is 6.92 Å². The van der Waals surface area contributed by atoms with Crippen molar-refractivity contribution in [2.24, 2.45) is 0 Å². The Morgan fingerprint density at radius 1 is 1.31 bits per heavy atom. The van der Waals surface area contributed by atoms with Crippen LogP contribution in [0.25, 0.3) is 0 Å². The molecule has 0 amide bonds. The minimum absolute atomic E-state index is 0.0842. The monoisotopic (exact) mass is 221 g/mol. The van der Waals surface area contributed by atoms with Crippen LogP contribution in [0.3, 0.4) is 0 Å². The summed E-state index contributed by atoms with van der Waals surface area (Å²) < 4.78 is 0. The molecular formula is C13H23N3. The van der Waals surface area contributed by atoms with Gasteiger partial charge in [0, 0.05) is 35.7 Å². The van der Waals surface area contributed by atoms with Crippen molar-refractivity contribution < 1.29 is 0 Å². The average Bonchev–Trinajstić information content (AvgIpc) is 2.19. The Morgan fingerprint density at radius 3 is 2.69 bits per heavy atom. The number of hydrogen-bond acceptors (Lipinski definition) is 3. The van der Waals surface area contributed by atoms with E-state index in [1.54, 1.807) is 0 Å². The van der Waals surface area contributed by atoms with Crippen LogP contribution in [0.15, 0.2) is 18.5 Å². The third-order valence-electron chi connectivity index (χ3n) is 2.16. The molecule has 0 spiro atoms. The second-order valence-electron chi connectivity index (χ2n) is 5.08. The fourth-order valence-electron chi connectivity index (χ4n) is 1.49. The minimum Gasteiger partial charge on any atom is -0.380 e. The summed E-state index contributed by atoms with van der Waals surface area (Å²) in [6, 6.07) is 2.04. The second kappa shape index (κ2) is 5.85. The molecule has 0 aromatic carbocycles. The van der Waals surface area contributed by atoms with Crippen molar-refractivity contribution in [1.82, 2.24) is 10.3 Å². The van der Waals surface area contributed by atoms with E-state index < -0.39 is 0 Å². The largest absolute Gasteiger partial charge is 0.380 e. The zero-order valence-corrected chi connectivity index (χ0v) is 10.8. The van der Waals surface area contributed by atoms with E-state index in [1.165, 1.54) is 11.3 Å².